The molecule has 0 fully saturated rings. The highest BCUT2D eigenvalue weighted by Gasteiger charge is 2.23. The zero-order valence-electron chi connectivity index (χ0n) is 8.45. The smallest absolute Gasteiger partial charge is 0.207 e. The standard InChI is InChI=1S/C9H10Cl2FNO2S/c1-13(5-4-10)16(14,15)9-3-2-7(12)6-8(9)11/h2-3,6H,4-5H2,1H3. The normalized spacial score (nSPS) is 12.1. The minimum atomic E-state index is -3.70. The molecule has 16 heavy (non-hydrogen) atoms. The second kappa shape index (κ2) is 5.31. The maximum atomic E-state index is 12.8. The van der Waals surface area contributed by atoms with E-state index in [0.29, 0.717) is 0 Å². The van der Waals surface area contributed by atoms with Crippen LogP contribution in [0.3, 0.4) is 0 Å². The van der Waals surface area contributed by atoms with Gasteiger partial charge in [0.2, 0.25) is 10.0 Å². The summed E-state index contributed by atoms with van der Waals surface area (Å²) < 4.78 is 37.7. The first kappa shape index (κ1) is 13.7. The lowest BCUT2D eigenvalue weighted by Crippen LogP contribution is -2.29. The number of rotatable bonds is 4. The van der Waals surface area contributed by atoms with Crippen molar-refractivity contribution in [3.8, 4) is 0 Å². The Balaban J connectivity index is 3.17. The summed E-state index contributed by atoms with van der Waals surface area (Å²) >= 11 is 11.1. The first-order valence-electron chi connectivity index (χ1n) is 4.37. The maximum Gasteiger partial charge on any atom is 0.244 e. The van der Waals surface area contributed by atoms with E-state index in [2.05, 4.69) is 0 Å². The van der Waals surface area contributed by atoms with Crippen molar-refractivity contribution in [3.63, 3.8) is 0 Å². The average Bonchev–Trinajstić information content (AvgIpc) is 2.17. The summed E-state index contributed by atoms with van der Waals surface area (Å²) in [5.41, 5.74) is 0. The van der Waals surface area contributed by atoms with Crippen LogP contribution in [0.4, 0.5) is 4.39 Å². The lowest BCUT2D eigenvalue weighted by atomic mass is 10.3. The van der Waals surface area contributed by atoms with Crippen LogP contribution in [-0.4, -0.2) is 32.2 Å². The van der Waals surface area contributed by atoms with Crippen LogP contribution < -0.4 is 0 Å². The van der Waals surface area contributed by atoms with E-state index in [4.69, 9.17) is 23.2 Å². The summed E-state index contributed by atoms with van der Waals surface area (Å²) in [6.07, 6.45) is 0. The predicted octanol–water partition coefficient (Wildman–Crippen LogP) is 2.34. The second-order valence-electron chi connectivity index (χ2n) is 3.09. The molecule has 0 saturated heterocycles. The topological polar surface area (TPSA) is 37.4 Å². The lowest BCUT2D eigenvalue weighted by molar-refractivity contribution is 0.487. The largest absolute Gasteiger partial charge is 0.244 e. The summed E-state index contributed by atoms with van der Waals surface area (Å²) in [6.45, 7) is 0.164. The molecule has 0 bridgehead atoms. The van der Waals surface area contributed by atoms with E-state index in [1.54, 1.807) is 0 Å². The van der Waals surface area contributed by atoms with Gasteiger partial charge in [-0.3, -0.25) is 0 Å². The van der Waals surface area contributed by atoms with Crippen molar-refractivity contribution in [1.82, 2.24) is 4.31 Å². The first-order chi connectivity index (χ1) is 7.39. The Morgan fingerprint density at radius 1 is 1.44 bits per heavy atom. The highest BCUT2D eigenvalue weighted by atomic mass is 35.5. The van der Waals surface area contributed by atoms with Crippen molar-refractivity contribution in [2.24, 2.45) is 0 Å². The van der Waals surface area contributed by atoms with Crippen LogP contribution in [0.15, 0.2) is 23.1 Å². The third-order valence-corrected chi connectivity index (χ3v) is 4.49. The molecule has 0 aliphatic heterocycles. The Labute approximate surface area is 104 Å². The Bertz CT molecular complexity index is 478. The maximum absolute atomic E-state index is 12.8. The van der Waals surface area contributed by atoms with Crippen LogP contribution >= 0.6 is 23.2 Å². The minimum Gasteiger partial charge on any atom is -0.207 e. The van der Waals surface area contributed by atoms with E-state index in [0.717, 1.165) is 22.5 Å². The van der Waals surface area contributed by atoms with E-state index in [1.165, 1.54) is 7.05 Å². The molecular weight excluding hydrogens is 276 g/mol. The van der Waals surface area contributed by atoms with Crippen molar-refractivity contribution in [2.45, 2.75) is 4.90 Å². The number of nitrogens with zero attached hydrogens (tertiary/aromatic N) is 1. The zero-order valence-corrected chi connectivity index (χ0v) is 10.8. The fourth-order valence-electron chi connectivity index (χ4n) is 1.09. The summed E-state index contributed by atoms with van der Waals surface area (Å²) in [6, 6.07) is 3.15. The van der Waals surface area contributed by atoms with Gasteiger partial charge in [0.05, 0.1) is 5.02 Å². The van der Waals surface area contributed by atoms with Gasteiger partial charge in [0.15, 0.2) is 0 Å². The van der Waals surface area contributed by atoms with Gasteiger partial charge < -0.3 is 0 Å². The van der Waals surface area contributed by atoms with Gasteiger partial charge in [-0.1, -0.05) is 11.6 Å². The number of benzene rings is 1. The van der Waals surface area contributed by atoms with Crippen LogP contribution in [0, 0.1) is 5.82 Å². The lowest BCUT2D eigenvalue weighted by Gasteiger charge is -2.16. The molecule has 1 rings (SSSR count). The van der Waals surface area contributed by atoms with Gasteiger partial charge in [0.25, 0.3) is 0 Å². The predicted molar refractivity (Wildman–Crippen MR) is 61.9 cm³/mol. The van der Waals surface area contributed by atoms with Gasteiger partial charge in [0, 0.05) is 19.5 Å². The molecule has 0 unspecified atom stereocenters. The Morgan fingerprint density at radius 2 is 2.06 bits per heavy atom. The molecule has 1 aromatic carbocycles. The van der Waals surface area contributed by atoms with Crippen molar-refractivity contribution in [2.75, 3.05) is 19.5 Å². The van der Waals surface area contributed by atoms with E-state index < -0.39 is 15.8 Å². The molecule has 0 aliphatic carbocycles. The van der Waals surface area contributed by atoms with Gasteiger partial charge in [0.1, 0.15) is 10.7 Å². The summed E-state index contributed by atoms with van der Waals surface area (Å²) in [4.78, 5) is -0.122. The minimum absolute atomic E-state index is 0.122. The molecular formula is C9H10Cl2FNO2S. The molecule has 0 saturated carbocycles. The number of hydrogen-bond donors (Lipinski definition) is 0. The van der Waals surface area contributed by atoms with E-state index in [9.17, 15) is 12.8 Å². The van der Waals surface area contributed by atoms with Gasteiger partial charge in [-0.2, -0.15) is 4.31 Å². The average molecular weight is 286 g/mol. The molecule has 3 nitrogen and oxygen atoms in total. The Kier molecular flexibility index (Phi) is 4.55. The zero-order chi connectivity index (χ0) is 12.3. The van der Waals surface area contributed by atoms with E-state index >= 15 is 0 Å². The molecule has 0 heterocycles. The van der Waals surface area contributed by atoms with E-state index in [-0.39, 0.29) is 22.3 Å². The SMILES string of the molecule is CN(CCCl)S(=O)(=O)c1ccc(F)cc1Cl. The quantitative estimate of drug-likeness (QED) is 0.797. The number of sulfonamides is 1. The highest BCUT2D eigenvalue weighted by molar-refractivity contribution is 7.89. The molecule has 90 valence electrons. The first-order valence-corrected chi connectivity index (χ1v) is 6.72. The Morgan fingerprint density at radius 3 is 2.56 bits per heavy atom. The van der Waals surface area contributed by atoms with Crippen molar-refractivity contribution >= 4 is 33.2 Å². The molecule has 0 aromatic heterocycles. The molecule has 0 aliphatic rings. The van der Waals surface area contributed by atoms with Crippen LogP contribution in [0.2, 0.25) is 5.02 Å². The van der Waals surface area contributed by atoms with Crippen molar-refractivity contribution in [1.29, 1.82) is 0 Å². The molecule has 0 amide bonds. The number of hydrogen-bond acceptors (Lipinski definition) is 2. The van der Waals surface area contributed by atoms with Crippen LogP contribution in [0.5, 0.6) is 0 Å². The number of alkyl halides is 1. The summed E-state index contributed by atoms with van der Waals surface area (Å²) in [7, 11) is -2.31. The fourth-order valence-corrected chi connectivity index (χ4v) is 3.12. The third-order valence-electron chi connectivity index (χ3n) is 1.98. The van der Waals surface area contributed by atoms with Gasteiger partial charge in [-0.25, -0.2) is 12.8 Å². The van der Waals surface area contributed by atoms with Gasteiger partial charge >= 0.3 is 0 Å². The third kappa shape index (κ3) is 2.85. The molecule has 0 atom stereocenters. The Hall–Kier alpha value is -0.360. The fraction of sp³-hybridized carbons (Fsp3) is 0.333. The highest BCUT2D eigenvalue weighted by Crippen LogP contribution is 2.24. The van der Waals surface area contributed by atoms with Crippen molar-refractivity contribution < 1.29 is 12.8 Å². The van der Waals surface area contributed by atoms with Crippen LogP contribution in [0.1, 0.15) is 0 Å². The van der Waals surface area contributed by atoms with Crippen LogP contribution in [0.25, 0.3) is 0 Å². The number of halogens is 3. The molecule has 0 radical (unpaired) electrons. The summed E-state index contributed by atoms with van der Waals surface area (Å²) in [5, 5.41) is -0.138. The summed E-state index contributed by atoms with van der Waals surface area (Å²) in [5.74, 6) is -0.405. The monoisotopic (exact) mass is 285 g/mol. The van der Waals surface area contributed by atoms with Crippen molar-refractivity contribution in [3.05, 3.63) is 29.0 Å². The van der Waals surface area contributed by atoms with Crippen LogP contribution in [-0.2, 0) is 10.0 Å². The second-order valence-corrected chi connectivity index (χ2v) is 5.89. The van der Waals surface area contributed by atoms with Gasteiger partial charge in [-0.15, -0.1) is 11.6 Å². The molecule has 7 heteroatoms. The van der Waals surface area contributed by atoms with E-state index in [1.807, 2.05) is 0 Å². The molecule has 0 N–H and O–H groups in total. The molecule has 1 aromatic rings. The van der Waals surface area contributed by atoms with Gasteiger partial charge in [-0.05, 0) is 18.2 Å². The molecule has 0 spiro atoms.